The topological polar surface area (TPSA) is 45.1 Å². The third-order valence-electron chi connectivity index (χ3n) is 2.06. The molecule has 0 aliphatic carbocycles. The maximum absolute atomic E-state index is 9.17. The predicted molar refractivity (Wildman–Crippen MR) is 63.2 cm³/mol. The van der Waals surface area contributed by atoms with E-state index >= 15 is 0 Å². The second-order valence-corrected chi connectivity index (χ2v) is 4.45. The number of anilines is 1. The van der Waals surface area contributed by atoms with Crippen molar-refractivity contribution in [2.24, 2.45) is 5.92 Å². The molecule has 0 amide bonds. The fourth-order valence-electron chi connectivity index (χ4n) is 1.42. The Bertz CT molecular complexity index is 287. The summed E-state index contributed by atoms with van der Waals surface area (Å²) in [6, 6.07) is 3.64. The molecule has 0 aromatic carbocycles. The molecular formula is C11H17ClN2O. The summed E-state index contributed by atoms with van der Waals surface area (Å²) in [6.45, 7) is 4.36. The van der Waals surface area contributed by atoms with E-state index in [1.54, 1.807) is 12.3 Å². The van der Waals surface area contributed by atoms with Gasteiger partial charge in [-0.05, 0) is 24.5 Å². The maximum atomic E-state index is 9.17. The van der Waals surface area contributed by atoms with E-state index in [0.717, 1.165) is 12.2 Å². The Kier molecular flexibility index (Phi) is 4.85. The second-order valence-electron chi connectivity index (χ2n) is 4.02. The predicted octanol–water partition coefficient (Wildman–Crippen LogP) is 2.55. The van der Waals surface area contributed by atoms with E-state index in [9.17, 15) is 5.11 Å². The summed E-state index contributed by atoms with van der Waals surface area (Å²) >= 11 is 5.73. The number of halogens is 1. The zero-order valence-corrected chi connectivity index (χ0v) is 9.83. The summed E-state index contributed by atoms with van der Waals surface area (Å²) in [5.74, 6) is 1.29. The van der Waals surface area contributed by atoms with Crippen LogP contribution < -0.4 is 5.32 Å². The first-order valence-electron chi connectivity index (χ1n) is 5.10. The first-order valence-corrected chi connectivity index (χ1v) is 5.48. The van der Waals surface area contributed by atoms with Gasteiger partial charge in [0.05, 0.1) is 17.7 Å². The van der Waals surface area contributed by atoms with Gasteiger partial charge in [0.2, 0.25) is 0 Å². The highest BCUT2D eigenvalue weighted by Crippen LogP contribution is 2.13. The number of aliphatic hydroxyl groups is 1. The largest absolute Gasteiger partial charge is 0.394 e. The highest BCUT2D eigenvalue weighted by atomic mass is 35.5. The fraction of sp³-hybridized carbons (Fsp3) is 0.545. The molecule has 1 aromatic rings. The van der Waals surface area contributed by atoms with Crippen molar-refractivity contribution in [3.63, 3.8) is 0 Å². The Hall–Kier alpha value is -0.800. The molecule has 1 heterocycles. The molecule has 0 aliphatic rings. The van der Waals surface area contributed by atoms with E-state index in [1.165, 1.54) is 0 Å². The van der Waals surface area contributed by atoms with Crippen LogP contribution in [0.25, 0.3) is 0 Å². The number of hydrogen-bond donors (Lipinski definition) is 2. The molecule has 1 aromatic heterocycles. The van der Waals surface area contributed by atoms with Gasteiger partial charge in [0.25, 0.3) is 0 Å². The molecule has 0 saturated heterocycles. The Labute approximate surface area is 95.5 Å². The minimum Gasteiger partial charge on any atom is -0.394 e. The number of aromatic nitrogens is 1. The first-order chi connectivity index (χ1) is 7.11. The van der Waals surface area contributed by atoms with Crippen molar-refractivity contribution < 1.29 is 5.11 Å². The molecule has 0 aliphatic heterocycles. The van der Waals surface area contributed by atoms with Gasteiger partial charge in [0, 0.05) is 6.20 Å². The summed E-state index contributed by atoms with van der Waals surface area (Å²) in [5, 5.41) is 13.0. The average Bonchev–Trinajstić information content (AvgIpc) is 2.19. The Morgan fingerprint density at radius 3 is 2.67 bits per heavy atom. The summed E-state index contributed by atoms with van der Waals surface area (Å²) in [7, 11) is 0. The lowest BCUT2D eigenvalue weighted by atomic mass is 10.0. The van der Waals surface area contributed by atoms with Crippen molar-refractivity contribution in [2.75, 3.05) is 11.9 Å². The zero-order chi connectivity index (χ0) is 11.3. The normalized spacial score (nSPS) is 12.9. The number of nitrogens with one attached hydrogen (secondary N) is 1. The molecular weight excluding hydrogens is 212 g/mol. The quantitative estimate of drug-likeness (QED) is 0.814. The minimum absolute atomic E-state index is 0.0543. The van der Waals surface area contributed by atoms with Crippen LogP contribution in [0.5, 0.6) is 0 Å². The number of rotatable bonds is 5. The molecule has 2 N–H and O–H groups in total. The third-order valence-corrected chi connectivity index (χ3v) is 2.28. The molecule has 4 heteroatoms. The molecule has 0 fully saturated rings. The van der Waals surface area contributed by atoms with Gasteiger partial charge in [-0.3, -0.25) is 0 Å². The molecule has 1 unspecified atom stereocenters. The lowest BCUT2D eigenvalue weighted by molar-refractivity contribution is 0.259. The van der Waals surface area contributed by atoms with Crippen molar-refractivity contribution in [1.29, 1.82) is 0 Å². The van der Waals surface area contributed by atoms with E-state index in [4.69, 9.17) is 11.6 Å². The van der Waals surface area contributed by atoms with Crippen LogP contribution in [0.1, 0.15) is 20.3 Å². The molecule has 1 rings (SSSR count). The van der Waals surface area contributed by atoms with Crippen LogP contribution in [0.2, 0.25) is 5.02 Å². The molecule has 1 atom stereocenters. The summed E-state index contributed by atoms with van der Waals surface area (Å²) in [4.78, 5) is 4.12. The van der Waals surface area contributed by atoms with Crippen LogP contribution in [-0.4, -0.2) is 22.7 Å². The summed E-state index contributed by atoms with van der Waals surface area (Å²) in [6.07, 6.45) is 2.51. The molecule has 0 bridgehead atoms. The van der Waals surface area contributed by atoms with E-state index in [0.29, 0.717) is 10.9 Å². The van der Waals surface area contributed by atoms with Gasteiger partial charge in [-0.1, -0.05) is 25.4 Å². The van der Waals surface area contributed by atoms with Gasteiger partial charge in [-0.25, -0.2) is 4.98 Å². The van der Waals surface area contributed by atoms with Crippen molar-refractivity contribution in [3.05, 3.63) is 23.4 Å². The van der Waals surface area contributed by atoms with Crippen molar-refractivity contribution >= 4 is 17.4 Å². The molecule has 15 heavy (non-hydrogen) atoms. The monoisotopic (exact) mass is 228 g/mol. The van der Waals surface area contributed by atoms with Crippen LogP contribution in [0.3, 0.4) is 0 Å². The SMILES string of the molecule is CC(C)CC(CO)Nc1ccc(Cl)cn1. The lowest BCUT2D eigenvalue weighted by Crippen LogP contribution is -2.25. The van der Waals surface area contributed by atoms with Gasteiger partial charge in [-0.2, -0.15) is 0 Å². The minimum atomic E-state index is 0.0543. The van der Waals surface area contributed by atoms with E-state index in [-0.39, 0.29) is 12.6 Å². The highest BCUT2D eigenvalue weighted by molar-refractivity contribution is 6.30. The maximum Gasteiger partial charge on any atom is 0.126 e. The Balaban J connectivity index is 2.54. The zero-order valence-electron chi connectivity index (χ0n) is 9.07. The van der Waals surface area contributed by atoms with Crippen LogP contribution in [0.15, 0.2) is 18.3 Å². The van der Waals surface area contributed by atoms with Gasteiger partial charge in [0.15, 0.2) is 0 Å². The number of hydrogen-bond acceptors (Lipinski definition) is 3. The van der Waals surface area contributed by atoms with Gasteiger partial charge >= 0.3 is 0 Å². The molecule has 84 valence electrons. The highest BCUT2D eigenvalue weighted by Gasteiger charge is 2.09. The van der Waals surface area contributed by atoms with E-state index in [2.05, 4.69) is 24.1 Å². The molecule has 0 radical (unpaired) electrons. The van der Waals surface area contributed by atoms with Gasteiger partial charge in [0.1, 0.15) is 5.82 Å². The first kappa shape index (κ1) is 12.3. The fourth-order valence-corrected chi connectivity index (χ4v) is 1.53. The van der Waals surface area contributed by atoms with E-state index < -0.39 is 0 Å². The van der Waals surface area contributed by atoms with Gasteiger partial charge in [-0.15, -0.1) is 0 Å². The lowest BCUT2D eigenvalue weighted by Gasteiger charge is -2.18. The summed E-state index contributed by atoms with van der Waals surface area (Å²) < 4.78 is 0. The van der Waals surface area contributed by atoms with Crippen LogP contribution in [-0.2, 0) is 0 Å². The standard InChI is InChI=1S/C11H17ClN2O/c1-8(2)5-10(7-15)14-11-4-3-9(12)6-13-11/h3-4,6,8,10,15H,5,7H2,1-2H3,(H,13,14). The van der Waals surface area contributed by atoms with Crippen LogP contribution in [0, 0.1) is 5.92 Å². The van der Waals surface area contributed by atoms with Crippen LogP contribution >= 0.6 is 11.6 Å². The van der Waals surface area contributed by atoms with Crippen molar-refractivity contribution in [3.8, 4) is 0 Å². The third kappa shape index (κ3) is 4.49. The Morgan fingerprint density at radius 2 is 2.20 bits per heavy atom. The molecule has 0 spiro atoms. The average molecular weight is 229 g/mol. The number of aliphatic hydroxyl groups excluding tert-OH is 1. The van der Waals surface area contributed by atoms with Crippen molar-refractivity contribution in [1.82, 2.24) is 4.98 Å². The van der Waals surface area contributed by atoms with Crippen molar-refractivity contribution in [2.45, 2.75) is 26.3 Å². The smallest absolute Gasteiger partial charge is 0.126 e. The van der Waals surface area contributed by atoms with Crippen LogP contribution in [0.4, 0.5) is 5.82 Å². The van der Waals surface area contributed by atoms with Gasteiger partial charge < -0.3 is 10.4 Å². The van der Waals surface area contributed by atoms with E-state index in [1.807, 2.05) is 6.07 Å². The summed E-state index contributed by atoms with van der Waals surface area (Å²) in [5.41, 5.74) is 0. The second kappa shape index (κ2) is 5.93. The Morgan fingerprint density at radius 1 is 1.47 bits per heavy atom. The molecule has 0 saturated carbocycles. The molecule has 3 nitrogen and oxygen atoms in total. The number of pyridine rings is 1. The number of nitrogens with zero attached hydrogens (tertiary/aromatic N) is 1.